The van der Waals surface area contributed by atoms with Gasteiger partial charge in [-0.1, -0.05) is 24.3 Å². The second kappa shape index (κ2) is 2.95. The molecule has 0 radical (unpaired) electrons. The second-order valence-electron chi connectivity index (χ2n) is 3.22. The average Bonchev–Trinajstić information content (AvgIpc) is 2.87. The first kappa shape index (κ1) is 7.31. The molecular formula is C10H13P. The Labute approximate surface area is 70.2 Å². The van der Waals surface area contributed by atoms with Crippen molar-refractivity contribution in [2.75, 3.05) is 0 Å². The lowest BCUT2D eigenvalue weighted by Crippen LogP contribution is -1.80. The van der Waals surface area contributed by atoms with Crippen molar-refractivity contribution in [1.82, 2.24) is 0 Å². The average molecular weight is 164 g/mol. The molecule has 1 aromatic carbocycles. The van der Waals surface area contributed by atoms with E-state index in [0.29, 0.717) is 0 Å². The fraction of sp³-hybridized carbons (Fsp3) is 0.400. The smallest absolute Gasteiger partial charge is 0.0128 e. The maximum Gasteiger partial charge on any atom is -0.0128 e. The molecule has 0 N–H and O–H groups in total. The summed E-state index contributed by atoms with van der Waals surface area (Å²) in [6.07, 6.45) is 3.88. The molecule has 1 aliphatic carbocycles. The van der Waals surface area contributed by atoms with Gasteiger partial charge in [-0.25, -0.2) is 0 Å². The lowest BCUT2D eigenvalue weighted by molar-refractivity contribution is 1.12. The van der Waals surface area contributed by atoms with Gasteiger partial charge < -0.3 is 0 Å². The molecule has 1 atom stereocenters. The first-order valence-electron chi connectivity index (χ1n) is 4.19. The molecule has 0 spiro atoms. The van der Waals surface area contributed by atoms with Crippen LogP contribution in [-0.2, 0) is 6.16 Å². The van der Waals surface area contributed by atoms with Crippen LogP contribution < -0.4 is 0 Å². The van der Waals surface area contributed by atoms with Gasteiger partial charge in [0.2, 0.25) is 0 Å². The summed E-state index contributed by atoms with van der Waals surface area (Å²) in [4.78, 5) is 0. The first-order chi connectivity index (χ1) is 5.40. The lowest BCUT2D eigenvalue weighted by atomic mass is 10.1. The monoisotopic (exact) mass is 164 g/mol. The number of benzene rings is 1. The van der Waals surface area contributed by atoms with Gasteiger partial charge in [0.05, 0.1) is 0 Å². The van der Waals surface area contributed by atoms with Crippen LogP contribution in [0.3, 0.4) is 0 Å². The highest BCUT2D eigenvalue weighted by Crippen LogP contribution is 2.39. The van der Waals surface area contributed by atoms with Crippen molar-refractivity contribution in [3.63, 3.8) is 0 Å². The van der Waals surface area contributed by atoms with Crippen LogP contribution in [0.25, 0.3) is 0 Å². The van der Waals surface area contributed by atoms with Crippen molar-refractivity contribution in [3.8, 4) is 0 Å². The minimum absolute atomic E-state index is 0.897. The van der Waals surface area contributed by atoms with Crippen LogP contribution >= 0.6 is 9.24 Å². The Hall–Kier alpha value is -0.350. The van der Waals surface area contributed by atoms with Crippen molar-refractivity contribution in [3.05, 3.63) is 35.4 Å². The predicted octanol–water partition coefficient (Wildman–Crippen LogP) is 2.94. The zero-order chi connectivity index (χ0) is 7.68. The molecule has 1 aliphatic rings. The van der Waals surface area contributed by atoms with E-state index in [1.54, 1.807) is 0 Å². The predicted molar refractivity (Wildman–Crippen MR) is 51.8 cm³/mol. The zero-order valence-corrected chi connectivity index (χ0v) is 7.74. The minimum atomic E-state index is 0.897. The molecule has 11 heavy (non-hydrogen) atoms. The van der Waals surface area contributed by atoms with Crippen molar-refractivity contribution >= 4 is 9.24 Å². The van der Waals surface area contributed by atoms with Crippen LogP contribution in [0.4, 0.5) is 0 Å². The minimum Gasteiger partial charge on any atom is -0.133 e. The van der Waals surface area contributed by atoms with Crippen molar-refractivity contribution in [2.45, 2.75) is 24.9 Å². The van der Waals surface area contributed by atoms with Gasteiger partial charge in [-0.15, -0.1) is 9.24 Å². The van der Waals surface area contributed by atoms with Crippen LogP contribution in [0.2, 0.25) is 0 Å². The molecule has 0 bridgehead atoms. The van der Waals surface area contributed by atoms with Gasteiger partial charge in [0.1, 0.15) is 0 Å². The molecule has 0 aliphatic heterocycles. The quantitative estimate of drug-likeness (QED) is 0.589. The standard InChI is InChI=1S/C10H13P/c11-7-8-1-3-9(4-2-8)10-5-6-10/h1-4,10H,5-7,11H2. The van der Waals surface area contributed by atoms with Gasteiger partial charge in [-0.05, 0) is 36.0 Å². The Balaban J connectivity index is 2.19. The Morgan fingerprint density at radius 2 is 1.82 bits per heavy atom. The number of hydrogen-bond acceptors (Lipinski definition) is 0. The third kappa shape index (κ3) is 1.62. The second-order valence-corrected chi connectivity index (χ2v) is 3.63. The van der Waals surface area contributed by atoms with E-state index in [4.69, 9.17) is 0 Å². The largest absolute Gasteiger partial charge is 0.133 e. The van der Waals surface area contributed by atoms with Gasteiger partial charge in [-0.3, -0.25) is 0 Å². The molecule has 1 unspecified atom stereocenters. The van der Waals surface area contributed by atoms with E-state index in [0.717, 1.165) is 12.1 Å². The summed E-state index contributed by atoms with van der Waals surface area (Å²) in [7, 11) is 2.75. The fourth-order valence-electron chi connectivity index (χ4n) is 1.34. The van der Waals surface area contributed by atoms with Crippen molar-refractivity contribution in [1.29, 1.82) is 0 Å². The van der Waals surface area contributed by atoms with Crippen LogP contribution in [0.1, 0.15) is 29.9 Å². The summed E-state index contributed by atoms with van der Waals surface area (Å²) in [5.41, 5.74) is 2.95. The lowest BCUT2D eigenvalue weighted by Gasteiger charge is -1.98. The van der Waals surface area contributed by atoms with Crippen molar-refractivity contribution < 1.29 is 0 Å². The molecule has 0 nitrogen and oxygen atoms in total. The molecule has 1 heteroatoms. The number of hydrogen-bond donors (Lipinski definition) is 0. The first-order valence-corrected chi connectivity index (χ1v) is 5.00. The maximum absolute atomic E-state index is 2.75. The molecule has 0 saturated heterocycles. The summed E-state index contributed by atoms with van der Waals surface area (Å²) in [5, 5.41) is 0. The molecule has 0 aromatic heterocycles. The third-order valence-electron chi connectivity index (χ3n) is 2.26. The maximum atomic E-state index is 2.75. The van der Waals surface area contributed by atoms with Gasteiger partial charge in [-0.2, -0.15) is 0 Å². The number of rotatable bonds is 2. The van der Waals surface area contributed by atoms with E-state index in [1.807, 2.05) is 0 Å². The highest BCUT2D eigenvalue weighted by atomic mass is 31.0. The molecular weight excluding hydrogens is 151 g/mol. The van der Waals surface area contributed by atoms with E-state index in [2.05, 4.69) is 33.5 Å². The van der Waals surface area contributed by atoms with E-state index in [1.165, 1.54) is 24.0 Å². The van der Waals surface area contributed by atoms with E-state index < -0.39 is 0 Å². The molecule has 58 valence electrons. The molecule has 1 fully saturated rings. The summed E-state index contributed by atoms with van der Waals surface area (Å²) in [6, 6.07) is 9.02. The Morgan fingerprint density at radius 1 is 1.18 bits per heavy atom. The molecule has 2 rings (SSSR count). The summed E-state index contributed by atoms with van der Waals surface area (Å²) in [6.45, 7) is 0. The third-order valence-corrected chi connectivity index (χ3v) is 2.74. The van der Waals surface area contributed by atoms with E-state index in [-0.39, 0.29) is 0 Å². The van der Waals surface area contributed by atoms with Crippen LogP contribution in [0.15, 0.2) is 24.3 Å². The van der Waals surface area contributed by atoms with Crippen LogP contribution in [0, 0.1) is 0 Å². The molecule has 1 aromatic rings. The Morgan fingerprint density at radius 3 is 2.27 bits per heavy atom. The molecule has 0 amide bonds. The summed E-state index contributed by atoms with van der Waals surface area (Å²) in [5.74, 6) is 0.897. The van der Waals surface area contributed by atoms with Gasteiger partial charge in [0.15, 0.2) is 0 Å². The van der Waals surface area contributed by atoms with Crippen LogP contribution in [-0.4, -0.2) is 0 Å². The van der Waals surface area contributed by atoms with Crippen molar-refractivity contribution in [2.24, 2.45) is 0 Å². The fourth-order valence-corrected chi connectivity index (χ4v) is 1.61. The van der Waals surface area contributed by atoms with E-state index >= 15 is 0 Å². The van der Waals surface area contributed by atoms with Gasteiger partial charge >= 0.3 is 0 Å². The highest BCUT2D eigenvalue weighted by Gasteiger charge is 2.22. The Bertz CT molecular complexity index is 234. The van der Waals surface area contributed by atoms with Gasteiger partial charge in [0, 0.05) is 0 Å². The summed E-state index contributed by atoms with van der Waals surface area (Å²) < 4.78 is 0. The SMILES string of the molecule is PCc1ccc(C2CC2)cc1. The van der Waals surface area contributed by atoms with Crippen LogP contribution in [0.5, 0.6) is 0 Å². The highest BCUT2D eigenvalue weighted by molar-refractivity contribution is 7.15. The van der Waals surface area contributed by atoms with Gasteiger partial charge in [0.25, 0.3) is 0 Å². The molecule has 1 saturated carbocycles. The topological polar surface area (TPSA) is 0 Å². The zero-order valence-electron chi connectivity index (χ0n) is 6.59. The molecule has 0 heterocycles. The Kier molecular flexibility index (Phi) is 1.96. The normalized spacial score (nSPS) is 16.8. The van der Waals surface area contributed by atoms with E-state index in [9.17, 15) is 0 Å². The summed E-state index contributed by atoms with van der Waals surface area (Å²) >= 11 is 0.